The van der Waals surface area contributed by atoms with Crippen molar-refractivity contribution in [2.45, 2.75) is 25.9 Å². The van der Waals surface area contributed by atoms with Crippen molar-refractivity contribution >= 4 is 29.2 Å². The summed E-state index contributed by atoms with van der Waals surface area (Å²) in [5.41, 5.74) is 1.08. The van der Waals surface area contributed by atoms with Crippen LogP contribution in [0.15, 0.2) is 42.5 Å². The Balaban J connectivity index is 1.86. The number of nitrogens with one attached hydrogen (secondary N) is 1. The summed E-state index contributed by atoms with van der Waals surface area (Å²) in [6.07, 6.45) is -0.885. The zero-order valence-corrected chi connectivity index (χ0v) is 14.7. The van der Waals surface area contributed by atoms with E-state index in [9.17, 15) is 14.0 Å². The number of halogens is 2. The average molecular weight is 375 g/mol. The number of benzene rings is 2. The first-order valence-electron chi connectivity index (χ1n) is 7.84. The van der Waals surface area contributed by atoms with Crippen LogP contribution in [0.3, 0.4) is 0 Å². The number of carbonyl (C=O) groups is 2. The van der Waals surface area contributed by atoms with Gasteiger partial charge in [0.25, 0.3) is 5.91 Å². The first-order chi connectivity index (χ1) is 12.4. The summed E-state index contributed by atoms with van der Waals surface area (Å²) in [6.45, 7) is 1.43. The van der Waals surface area contributed by atoms with Gasteiger partial charge in [0.2, 0.25) is 0 Å². The summed E-state index contributed by atoms with van der Waals surface area (Å²) in [6, 6.07) is 12.5. The molecule has 134 valence electrons. The minimum absolute atomic E-state index is 0.0404. The largest absolute Gasteiger partial charge is 0.453 e. The highest BCUT2D eigenvalue weighted by Crippen LogP contribution is 2.20. The van der Waals surface area contributed by atoms with Gasteiger partial charge >= 0.3 is 5.97 Å². The van der Waals surface area contributed by atoms with Gasteiger partial charge in [-0.3, -0.25) is 9.59 Å². The average Bonchev–Trinajstić information content (AvgIpc) is 2.61. The van der Waals surface area contributed by atoms with Crippen LogP contribution >= 0.6 is 11.6 Å². The van der Waals surface area contributed by atoms with Crippen LogP contribution in [0.25, 0.3) is 0 Å². The molecule has 0 heterocycles. The molecule has 0 aromatic heterocycles. The van der Waals surface area contributed by atoms with Gasteiger partial charge in [-0.1, -0.05) is 29.8 Å². The molecule has 1 amide bonds. The monoisotopic (exact) mass is 374 g/mol. The second-order valence-corrected chi connectivity index (χ2v) is 5.93. The van der Waals surface area contributed by atoms with Crippen molar-refractivity contribution in [3.8, 4) is 6.07 Å². The van der Waals surface area contributed by atoms with Gasteiger partial charge in [-0.2, -0.15) is 5.26 Å². The van der Waals surface area contributed by atoms with Gasteiger partial charge in [0, 0.05) is 12.1 Å². The summed E-state index contributed by atoms with van der Waals surface area (Å²) < 4.78 is 18.6. The first kappa shape index (κ1) is 19.4. The highest BCUT2D eigenvalue weighted by atomic mass is 35.5. The molecule has 26 heavy (non-hydrogen) atoms. The molecule has 2 rings (SSSR count). The molecule has 0 aliphatic rings. The highest BCUT2D eigenvalue weighted by Gasteiger charge is 2.18. The van der Waals surface area contributed by atoms with Crippen LogP contribution in [-0.2, 0) is 20.7 Å². The van der Waals surface area contributed by atoms with Crippen LogP contribution in [0, 0.1) is 17.1 Å². The molecule has 0 unspecified atom stereocenters. The van der Waals surface area contributed by atoms with Gasteiger partial charge in [0.15, 0.2) is 6.10 Å². The van der Waals surface area contributed by atoms with Crippen LogP contribution < -0.4 is 5.32 Å². The molecule has 0 radical (unpaired) electrons. The van der Waals surface area contributed by atoms with Crippen molar-refractivity contribution in [2.24, 2.45) is 0 Å². The van der Waals surface area contributed by atoms with Crippen molar-refractivity contribution < 1.29 is 18.7 Å². The molecule has 0 bridgehead atoms. The number of aryl methyl sites for hydroxylation is 1. The number of rotatable bonds is 6. The lowest BCUT2D eigenvalue weighted by atomic mass is 10.1. The molecule has 2 aromatic rings. The van der Waals surface area contributed by atoms with Crippen LogP contribution in [0.4, 0.5) is 10.1 Å². The maximum atomic E-state index is 13.5. The van der Waals surface area contributed by atoms with E-state index in [0.717, 1.165) is 0 Å². The fourth-order valence-corrected chi connectivity index (χ4v) is 2.40. The van der Waals surface area contributed by atoms with Gasteiger partial charge in [-0.15, -0.1) is 0 Å². The Kier molecular flexibility index (Phi) is 6.70. The number of carbonyl (C=O) groups excluding carboxylic acids is 2. The zero-order valence-electron chi connectivity index (χ0n) is 14.0. The number of amides is 1. The fraction of sp³-hybridized carbons (Fsp3) is 0.211. The molecule has 5 nitrogen and oxygen atoms in total. The number of anilines is 1. The SMILES string of the molecule is C[C@H](OC(=O)CCc1ccccc1F)C(=O)Nc1ccc(C#N)c(Cl)c1. The van der Waals surface area contributed by atoms with E-state index in [1.807, 2.05) is 6.07 Å². The van der Waals surface area contributed by atoms with E-state index in [1.165, 1.54) is 31.2 Å². The van der Waals surface area contributed by atoms with Gasteiger partial charge in [0.1, 0.15) is 11.9 Å². The lowest BCUT2D eigenvalue weighted by Crippen LogP contribution is -2.30. The van der Waals surface area contributed by atoms with Crippen LogP contribution in [0.5, 0.6) is 0 Å². The van der Waals surface area contributed by atoms with Crippen molar-refractivity contribution in [3.05, 3.63) is 64.4 Å². The molecule has 0 aliphatic heterocycles. The van der Waals surface area contributed by atoms with Crippen molar-refractivity contribution in [1.82, 2.24) is 0 Å². The molecule has 2 aromatic carbocycles. The van der Waals surface area contributed by atoms with Gasteiger partial charge < -0.3 is 10.1 Å². The van der Waals surface area contributed by atoms with Crippen molar-refractivity contribution in [3.63, 3.8) is 0 Å². The Bertz CT molecular complexity index is 864. The van der Waals surface area contributed by atoms with Gasteiger partial charge in [0.05, 0.1) is 10.6 Å². The summed E-state index contributed by atoms with van der Waals surface area (Å²) >= 11 is 5.90. The summed E-state index contributed by atoms with van der Waals surface area (Å²) in [7, 11) is 0. The Labute approximate surface area is 155 Å². The number of ether oxygens (including phenoxy) is 1. The summed E-state index contributed by atoms with van der Waals surface area (Å²) in [5, 5.41) is 11.6. The first-order valence-corrected chi connectivity index (χ1v) is 8.22. The number of hydrogen-bond donors (Lipinski definition) is 1. The van der Waals surface area contributed by atoms with E-state index < -0.39 is 18.0 Å². The minimum Gasteiger partial charge on any atom is -0.453 e. The Morgan fingerprint density at radius 3 is 2.69 bits per heavy atom. The minimum atomic E-state index is -1.03. The number of esters is 1. The summed E-state index contributed by atoms with van der Waals surface area (Å²) in [5.74, 6) is -1.53. The molecule has 0 saturated carbocycles. The standard InChI is InChI=1S/C19H16ClFN2O3/c1-12(19(25)23-15-8-6-14(11-22)16(20)10-15)26-18(24)9-7-13-4-2-3-5-17(13)21/h2-6,8,10,12H,7,9H2,1H3,(H,23,25)/t12-/m0/s1. The molecule has 0 fully saturated rings. The van der Waals surface area contributed by atoms with Crippen molar-refractivity contribution in [1.29, 1.82) is 5.26 Å². The number of hydrogen-bond acceptors (Lipinski definition) is 4. The van der Waals surface area contributed by atoms with Crippen LogP contribution in [0.2, 0.25) is 5.02 Å². The smallest absolute Gasteiger partial charge is 0.306 e. The van der Waals surface area contributed by atoms with E-state index in [-0.39, 0.29) is 29.2 Å². The third-order valence-electron chi connectivity index (χ3n) is 3.59. The zero-order chi connectivity index (χ0) is 19.1. The predicted octanol–water partition coefficient (Wildman–Crippen LogP) is 3.85. The second kappa shape index (κ2) is 8.97. The second-order valence-electron chi connectivity index (χ2n) is 5.52. The van der Waals surface area contributed by atoms with Crippen LogP contribution in [0.1, 0.15) is 24.5 Å². The predicted molar refractivity (Wildman–Crippen MR) is 95.1 cm³/mol. The highest BCUT2D eigenvalue weighted by molar-refractivity contribution is 6.32. The van der Waals surface area contributed by atoms with E-state index in [1.54, 1.807) is 18.2 Å². The third-order valence-corrected chi connectivity index (χ3v) is 3.90. The van der Waals surface area contributed by atoms with Gasteiger partial charge in [-0.05, 0) is 43.2 Å². The molecule has 1 atom stereocenters. The maximum Gasteiger partial charge on any atom is 0.306 e. The maximum absolute atomic E-state index is 13.5. The Morgan fingerprint density at radius 1 is 1.31 bits per heavy atom. The topological polar surface area (TPSA) is 79.2 Å². The fourth-order valence-electron chi connectivity index (χ4n) is 2.17. The molecular formula is C19H16ClFN2O3. The molecule has 0 saturated heterocycles. The molecule has 0 aliphatic carbocycles. The number of nitrogens with zero attached hydrogens (tertiary/aromatic N) is 1. The van der Waals surface area contributed by atoms with E-state index >= 15 is 0 Å². The molecular weight excluding hydrogens is 359 g/mol. The summed E-state index contributed by atoms with van der Waals surface area (Å²) in [4.78, 5) is 23.9. The lowest BCUT2D eigenvalue weighted by Gasteiger charge is -2.14. The molecule has 7 heteroatoms. The van der Waals surface area contributed by atoms with Crippen LogP contribution in [-0.4, -0.2) is 18.0 Å². The normalized spacial score (nSPS) is 11.3. The van der Waals surface area contributed by atoms with E-state index in [4.69, 9.17) is 21.6 Å². The van der Waals surface area contributed by atoms with E-state index in [0.29, 0.717) is 11.3 Å². The molecule has 1 N–H and O–H groups in total. The Morgan fingerprint density at radius 2 is 2.04 bits per heavy atom. The quantitative estimate of drug-likeness (QED) is 0.779. The van der Waals surface area contributed by atoms with Crippen molar-refractivity contribution in [2.75, 3.05) is 5.32 Å². The van der Waals surface area contributed by atoms with Gasteiger partial charge in [-0.25, -0.2) is 4.39 Å². The van der Waals surface area contributed by atoms with E-state index in [2.05, 4.69) is 5.32 Å². The Hall–Kier alpha value is -2.91. The third kappa shape index (κ3) is 5.30. The number of nitriles is 1. The molecule has 0 spiro atoms. The lowest BCUT2D eigenvalue weighted by molar-refractivity contribution is -0.153.